The van der Waals surface area contributed by atoms with Gasteiger partial charge in [-0.05, 0) is 24.1 Å². The minimum absolute atomic E-state index is 0.0311. The van der Waals surface area contributed by atoms with Gasteiger partial charge in [0.25, 0.3) is 0 Å². The van der Waals surface area contributed by atoms with Crippen LogP contribution in [-0.2, 0) is 10.2 Å². The smallest absolute Gasteiger partial charge is 0.304 e. The van der Waals surface area contributed by atoms with Gasteiger partial charge >= 0.3 is 5.97 Å². The number of phenolic OH excluding ortho intramolecular Hbond substituents is 2. The lowest BCUT2D eigenvalue weighted by molar-refractivity contribution is -0.138. The number of rotatable bonds is 3. The summed E-state index contributed by atoms with van der Waals surface area (Å²) in [5.74, 6) is -1.27. The normalized spacial score (nSPS) is 11.4. The van der Waals surface area contributed by atoms with Crippen molar-refractivity contribution in [1.29, 1.82) is 0 Å². The highest BCUT2D eigenvalue weighted by molar-refractivity contribution is 5.69. The van der Waals surface area contributed by atoms with Gasteiger partial charge in [0.15, 0.2) is 11.5 Å². The Morgan fingerprint density at radius 1 is 1.31 bits per heavy atom. The first kappa shape index (κ1) is 12.4. The van der Waals surface area contributed by atoms with Crippen LogP contribution in [0.1, 0.15) is 31.4 Å². The maximum absolute atomic E-state index is 10.7. The van der Waals surface area contributed by atoms with Crippen molar-refractivity contribution < 1.29 is 20.1 Å². The molecule has 0 radical (unpaired) electrons. The highest BCUT2D eigenvalue weighted by Crippen LogP contribution is 2.36. The van der Waals surface area contributed by atoms with Crippen LogP contribution in [0.2, 0.25) is 0 Å². The third kappa shape index (κ3) is 2.45. The molecule has 3 N–H and O–H groups in total. The summed E-state index contributed by atoms with van der Waals surface area (Å²) in [6.07, 6.45) is -0.0311. The molecule has 0 aliphatic carbocycles. The van der Waals surface area contributed by atoms with Gasteiger partial charge in [0.2, 0.25) is 0 Å². The van der Waals surface area contributed by atoms with Gasteiger partial charge in [-0.2, -0.15) is 0 Å². The highest BCUT2D eigenvalue weighted by Gasteiger charge is 2.25. The topological polar surface area (TPSA) is 77.8 Å². The van der Waals surface area contributed by atoms with E-state index < -0.39 is 11.4 Å². The molecule has 4 nitrogen and oxygen atoms in total. The Hall–Kier alpha value is -1.71. The second kappa shape index (κ2) is 4.04. The highest BCUT2D eigenvalue weighted by atomic mass is 16.4. The number of phenols is 2. The van der Waals surface area contributed by atoms with Gasteiger partial charge in [-0.25, -0.2) is 0 Å². The minimum atomic E-state index is -0.893. The van der Waals surface area contributed by atoms with Crippen LogP contribution in [0.25, 0.3) is 0 Å². The van der Waals surface area contributed by atoms with Crippen LogP contribution in [0.3, 0.4) is 0 Å². The lowest BCUT2D eigenvalue weighted by atomic mass is 9.81. The monoisotopic (exact) mass is 224 g/mol. The molecule has 0 bridgehead atoms. The molecule has 0 heterocycles. The van der Waals surface area contributed by atoms with E-state index in [4.69, 9.17) is 5.11 Å². The summed E-state index contributed by atoms with van der Waals surface area (Å²) >= 11 is 0. The maximum Gasteiger partial charge on any atom is 0.304 e. The fraction of sp³-hybridized carbons (Fsp3) is 0.417. The molecular weight excluding hydrogens is 208 g/mol. The first-order valence-corrected chi connectivity index (χ1v) is 4.99. The number of carbonyl (C=O) groups is 1. The zero-order valence-electron chi connectivity index (χ0n) is 9.61. The molecule has 1 aromatic carbocycles. The Morgan fingerprint density at radius 3 is 2.31 bits per heavy atom. The van der Waals surface area contributed by atoms with Crippen molar-refractivity contribution in [2.75, 3.05) is 0 Å². The SMILES string of the molecule is Cc1cc(C(C)(C)CC(=O)O)cc(O)c1O. The van der Waals surface area contributed by atoms with Crippen molar-refractivity contribution in [2.24, 2.45) is 0 Å². The van der Waals surface area contributed by atoms with Crippen LogP contribution in [0.4, 0.5) is 0 Å². The zero-order chi connectivity index (χ0) is 12.5. The lowest BCUT2D eigenvalue weighted by Crippen LogP contribution is -2.21. The number of aryl methyl sites for hydroxylation is 1. The molecule has 1 aromatic rings. The summed E-state index contributed by atoms with van der Waals surface area (Å²) in [7, 11) is 0. The summed E-state index contributed by atoms with van der Waals surface area (Å²) in [5.41, 5.74) is 0.651. The van der Waals surface area contributed by atoms with Gasteiger partial charge in [0.05, 0.1) is 6.42 Å². The molecule has 0 aliphatic rings. The van der Waals surface area contributed by atoms with E-state index in [1.807, 2.05) is 0 Å². The van der Waals surface area contributed by atoms with E-state index in [0.717, 1.165) is 0 Å². The van der Waals surface area contributed by atoms with Crippen molar-refractivity contribution in [3.05, 3.63) is 23.3 Å². The molecular formula is C12H16O4. The number of hydrogen-bond donors (Lipinski definition) is 3. The minimum Gasteiger partial charge on any atom is -0.504 e. The second-order valence-corrected chi connectivity index (χ2v) is 4.62. The molecule has 0 amide bonds. The van der Waals surface area contributed by atoms with Crippen molar-refractivity contribution in [2.45, 2.75) is 32.6 Å². The van der Waals surface area contributed by atoms with E-state index in [0.29, 0.717) is 11.1 Å². The Balaban J connectivity index is 3.18. The molecule has 1 rings (SSSR count). The average molecular weight is 224 g/mol. The molecule has 0 spiro atoms. The number of carboxylic acid groups (broad SMARTS) is 1. The largest absolute Gasteiger partial charge is 0.504 e. The van der Waals surface area contributed by atoms with Gasteiger partial charge in [-0.3, -0.25) is 4.79 Å². The van der Waals surface area contributed by atoms with Crippen LogP contribution >= 0.6 is 0 Å². The van der Waals surface area contributed by atoms with Gasteiger partial charge < -0.3 is 15.3 Å². The van der Waals surface area contributed by atoms with Gasteiger partial charge in [0.1, 0.15) is 0 Å². The molecule has 4 heteroatoms. The Kier molecular flexibility index (Phi) is 3.12. The van der Waals surface area contributed by atoms with Gasteiger partial charge in [-0.1, -0.05) is 19.9 Å². The summed E-state index contributed by atoms with van der Waals surface area (Å²) in [6.45, 7) is 5.23. The van der Waals surface area contributed by atoms with E-state index >= 15 is 0 Å². The number of aromatic hydroxyl groups is 2. The molecule has 0 fully saturated rings. The fourth-order valence-corrected chi connectivity index (χ4v) is 1.63. The standard InChI is InChI=1S/C12H16O4/c1-7-4-8(5-9(13)11(7)16)12(2,3)6-10(14)15/h4-5,13,16H,6H2,1-3H3,(H,14,15). The number of hydrogen-bond acceptors (Lipinski definition) is 3. The van der Waals surface area contributed by atoms with Crippen LogP contribution in [0, 0.1) is 6.92 Å². The predicted octanol–water partition coefficient (Wildman–Crippen LogP) is 2.16. The number of aliphatic carboxylic acids is 1. The first-order valence-electron chi connectivity index (χ1n) is 4.99. The van der Waals surface area contributed by atoms with Crippen molar-refractivity contribution in [3.8, 4) is 11.5 Å². The van der Waals surface area contributed by atoms with Gasteiger partial charge in [-0.15, -0.1) is 0 Å². The Morgan fingerprint density at radius 2 is 1.88 bits per heavy atom. The van der Waals surface area contributed by atoms with Crippen LogP contribution in [0.5, 0.6) is 11.5 Å². The van der Waals surface area contributed by atoms with E-state index in [1.54, 1.807) is 26.8 Å². The maximum atomic E-state index is 10.7. The third-order valence-electron chi connectivity index (χ3n) is 2.66. The molecule has 0 atom stereocenters. The third-order valence-corrected chi connectivity index (χ3v) is 2.66. The quantitative estimate of drug-likeness (QED) is 0.687. The molecule has 0 saturated heterocycles. The zero-order valence-corrected chi connectivity index (χ0v) is 9.61. The summed E-state index contributed by atoms with van der Waals surface area (Å²) in [6, 6.07) is 3.10. The molecule has 88 valence electrons. The Bertz CT molecular complexity index is 398. The summed E-state index contributed by atoms with van der Waals surface area (Å²) in [5, 5.41) is 27.7. The van der Waals surface area contributed by atoms with E-state index in [1.165, 1.54) is 6.07 Å². The number of carboxylic acids is 1. The molecule has 16 heavy (non-hydrogen) atoms. The second-order valence-electron chi connectivity index (χ2n) is 4.62. The summed E-state index contributed by atoms with van der Waals surface area (Å²) < 4.78 is 0. The predicted molar refractivity (Wildman–Crippen MR) is 59.8 cm³/mol. The summed E-state index contributed by atoms with van der Waals surface area (Å²) in [4.78, 5) is 10.7. The molecule has 0 aromatic heterocycles. The first-order chi connectivity index (χ1) is 7.24. The van der Waals surface area contributed by atoms with Crippen molar-refractivity contribution >= 4 is 5.97 Å². The molecule has 0 unspecified atom stereocenters. The van der Waals surface area contributed by atoms with E-state index in [9.17, 15) is 15.0 Å². The van der Waals surface area contributed by atoms with Crippen LogP contribution in [0.15, 0.2) is 12.1 Å². The lowest BCUT2D eigenvalue weighted by Gasteiger charge is -2.24. The van der Waals surface area contributed by atoms with Crippen LogP contribution < -0.4 is 0 Å². The van der Waals surface area contributed by atoms with E-state index in [-0.39, 0.29) is 17.9 Å². The Labute approximate surface area is 94.2 Å². The van der Waals surface area contributed by atoms with Crippen LogP contribution in [-0.4, -0.2) is 21.3 Å². The fourth-order valence-electron chi connectivity index (χ4n) is 1.63. The molecule has 0 saturated carbocycles. The van der Waals surface area contributed by atoms with Gasteiger partial charge in [0, 0.05) is 5.41 Å². The van der Waals surface area contributed by atoms with Crippen molar-refractivity contribution in [3.63, 3.8) is 0 Å². The average Bonchev–Trinajstić information content (AvgIpc) is 2.11. The van der Waals surface area contributed by atoms with E-state index in [2.05, 4.69) is 0 Å². The number of benzene rings is 1. The van der Waals surface area contributed by atoms with Crippen molar-refractivity contribution in [1.82, 2.24) is 0 Å². The molecule has 0 aliphatic heterocycles.